The van der Waals surface area contributed by atoms with E-state index in [1.54, 1.807) is 0 Å². The zero-order valence-electron chi connectivity index (χ0n) is 8.97. The molecule has 0 aromatic heterocycles. The Kier molecular flexibility index (Phi) is 2.94. The second kappa shape index (κ2) is 3.65. The van der Waals surface area contributed by atoms with Gasteiger partial charge in [-0.3, -0.25) is 0 Å². The minimum absolute atomic E-state index is 0.151. The summed E-state index contributed by atoms with van der Waals surface area (Å²) in [5.74, 6) is 1.15. The van der Waals surface area contributed by atoms with Gasteiger partial charge < -0.3 is 4.79 Å². The van der Waals surface area contributed by atoms with Crippen LogP contribution in [0.25, 0.3) is 0 Å². The Morgan fingerprint density at radius 3 is 2.77 bits per heavy atom. The van der Waals surface area contributed by atoms with Crippen molar-refractivity contribution in [1.29, 1.82) is 0 Å². The topological polar surface area (TPSA) is 17.1 Å². The highest BCUT2D eigenvalue weighted by Crippen LogP contribution is 2.47. The predicted octanol–water partition coefficient (Wildman–Crippen LogP) is 3.20. The molecule has 0 N–H and O–H groups in total. The van der Waals surface area contributed by atoms with E-state index in [0.717, 1.165) is 12.7 Å². The largest absolute Gasteiger partial charge is 0.303 e. The average Bonchev–Trinajstić information content (AvgIpc) is 2.06. The molecule has 0 radical (unpaired) electrons. The van der Waals surface area contributed by atoms with Crippen molar-refractivity contribution < 1.29 is 4.79 Å². The molecule has 2 atom stereocenters. The van der Waals surface area contributed by atoms with Gasteiger partial charge in [-0.05, 0) is 30.1 Å². The molecule has 1 saturated carbocycles. The van der Waals surface area contributed by atoms with Crippen molar-refractivity contribution in [3.8, 4) is 0 Å². The van der Waals surface area contributed by atoms with Gasteiger partial charge in [0.05, 0.1) is 0 Å². The molecule has 0 heterocycles. The average molecular weight is 180 g/mol. The summed E-state index contributed by atoms with van der Waals surface area (Å²) < 4.78 is 0. The number of carbonyl (C=O) groups is 1. The van der Waals surface area contributed by atoms with Crippen LogP contribution in [-0.2, 0) is 4.79 Å². The van der Waals surface area contributed by atoms with E-state index in [9.17, 15) is 4.79 Å². The van der Waals surface area contributed by atoms with Gasteiger partial charge in [0.25, 0.3) is 0 Å². The molecule has 0 aliphatic heterocycles. The standard InChI is InChI=1S/C12H20O/c1-9-5-6-10(2)12(3,4)11(9)7-8-13/h8-9,11H,2,5-7H2,1,3-4H3. The molecule has 1 heteroatoms. The van der Waals surface area contributed by atoms with Crippen molar-refractivity contribution in [1.82, 2.24) is 0 Å². The molecule has 74 valence electrons. The van der Waals surface area contributed by atoms with Gasteiger partial charge in [-0.25, -0.2) is 0 Å². The van der Waals surface area contributed by atoms with Crippen molar-refractivity contribution in [3.63, 3.8) is 0 Å². The van der Waals surface area contributed by atoms with Crippen molar-refractivity contribution in [2.75, 3.05) is 0 Å². The molecule has 0 amide bonds. The summed E-state index contributed by atoms with van der Waals surface area (Å²) in [4.78, 5) is 10.6. The molecule has 2 unspecified atom stereocenters. The van der Waals surface area contributed by atoms with E-state index in [4.69, 9.17) is 0 Å². The summed E-state index contributed by atoms with van der Waals surface area (Å²) in [6.07, 6.45) is 4.07. The number of allylic oxidation sites excluding steroid dienone is 1. The minimum atomic E-state index is 0.151. The molecular formula is C12H20O. The fourth-order valence-electron chi connectivity index (χ4n) is 2.53. The molecule has 0 aromatic rings. The van der Waals surface area contributed by atoms with Crippen LogP contribution in [0, 0.1) is 17.3 Å². The summed E-state index contributed by atoms with van der Waals surface area (Å²) in [6.45, 7) is 10.8. The highest BCUT2D eigenvalue weighted by Gasteiger charge is 2.38. The van der Waals surface area contributed by atoms with E-state index in [1.807, 2.05) is 0 Å². The molecule has 1 rings (SSSR count). The Hall–Kier alpha value is -0.590. The quantitative estimate of drug-likeness (QED) is 0.471. The van der Waals surface area contributed by atoms with E-state index < -0.39 is 0 Å². The van der Waals surface area contributed by atoms with Gasteiger partial charge >= 0.3 is 0 Å². The third kappa shape index (κ3) is 1.84. The Morgan fingerprint density at radius 2 is 2.23 bits per heavy atom. The maximum atomic E-state index is 10.6. The zero-order valence-corrected chi connectivity index (χ0v) is 8.97. The summed E-state index contributed by atoms with van der Waals surface area (Å²) in [5.41, 5.74) is 1.47. The Labute approximate surface area is 81.2 Å². The lowest BCUT2D eigenvalue weighted by Gasteiger charge is -2.44. The fourth-order valence-corrected chi connectivity index (χ4v) is 2.53. The van der Waals surface area contributed by atoms with Gasteiger partial charge in [0, 0.05) is 6.42 Å². The first kappa shape index (κ1) is 10.5. The maximum Gasteiger partial charge on any atom is 0.120 e. The van der Waals surface area contributed by atoms with Crippen LogP contribution >= 0.6 is 0 Å². The van der Waals surface area contributed by atoms with Crippen LogP contribution in [0.5, 0.6) is 0 Å². The van der Waals surface area contributed by atoms with Gasteiger partial charge in [-0.1, -0.05) is 32.9 Å². The van der Waals surface area contributed by atoms with Crippen LogP contribution in [-0.4, -0.2) is 6.29 Å². The lowest BCUT2D eigenvalue weighted by Crippen LogP contribution is -2.35. The number of aldehydes is 1. The molecule has 1 aliphatic rings. The Balaban J connectivity index is 2.84. The van der Waals surface area contributed by atoms with Crippen molar-refractivity contribution in [2.45, 2.75) is 40.0 Å². The molecule has 0 saturated heterocycles. The first-order chi connectivity index (χ1) is 6.00. The van der Waals surface area contributed by atoms with Crippen LogP contribution in [0.4, 0.5) is 0 Å². The number of carbonyl (C=O) groups excluding carboxylic acids is 1. The number of rotatable bonds is 2. The number of hydrogen-bond donors (Lipinski definition) is 0. The SMILES string of the molecule is C=C1CCC(C)C(CC=O)C1(C)C. The lowest BCUT2D eigenvalue weighted by atomic mass is 9.61. The molecule has 1 aliphatic carbocycles. The number of hydrogen-bond acceptors (Lipinski definition) is 1. The molecule has 13 heavy (non-hydrogen) atoms. The third-order valence-corrected chi connectivity index (χ3v) is 3.78. The van der Waals surface area contributed by atoms with Crippen LogP contribution in [0.3, 0.4) is 0 Å². The van der Waals surface area contributed by atoms with E-state index in [1.165, 1.54) is 12.0 Å². The minimum Gasteiger partial charge on any atom is -0.303 e. The smallest absolute Gasteiger partial charge is 0.120 e. The van der Waals surface area contributed by atoms with Crippen molar-refractivity contribution in [2.24, 2.45) is 17.3 Å². The normalized spacial score (nSPS) is 33.0. The zero-order chi connectivity index (χ0) is 10.1. The van der Waals surface area contributed by atoms with Crippen LogP contribution in [0.1, 0.15) is 40.0 Å². The second-order valence-corrected chi connectivity index (χ2v) is 4.85. The molecule has 0 bridgehead atoms. The van der Waals surface area contributed by atoms with Crippen LogP contribution in [0.15, 0.2) is 12.2 Å². The Morgan fingerprint density at radius 1 is 1.62 bits per heavy atom. The summed E-state index contributed by atoms with van der Waals surface area (Å²) in [7, 11) is 0. The highest BCUT2D eigenvalue weighted by molar-refractivity contribution is 5.50. The third-order valence-electron chi connectivity index (χ3n) is 3.78. The summed E-state index contributed by atoms with van der Waals surface area (Å²) in [5, 5.41) is 0. The van der Waals surface area contributed by atoms with Gasteiger partial charge in [-0.15, -0.1) is 0 Å². The molecular weight excluding hydrogens is 160 g/mol. The van der Waals surface area contributed by atoms with E-state index >= 15 is 0 Å². The van der Waals surface area contributed by atoms with Gasteiger partial charge in [0.2, 0.25) is 0 Å². The van der Waals surface area contributed by atoms with Gasteiger partial charge in [0.15, 0.2) is 0 Å². The van der Waals surface area contributed by atoms with Crippen LogP contribution in [0.2, 0.25) is 0 Å². The molecule has 0 spiro atoms. The van der Waals surface area contributed by atoms with Gasteiger partial charge in [-0.2, -0.15) is 0 Å². The fraction of sp³-hybridized carbons (Fsp3) is 0.750. The van der Waals surface area contributed by atoms with Crippen molar-refractivity contribution >= 4 is 6.29 Å². The molecule has 1 fully saturated rings. The monoisotopic (exact) mass is 180 g/mol. The highest BCUT2D eigenvalue weighted by atomic mass is 16.1. The second-order valence-electron chi connectivity index (χ2n) is 4.85. The predicted molar refractivity (Wildman–Crippen MR) is 55.5 cm³/mol. The maximum absolute atomic E-state index is 10.6. The van der Waals surface area contributed by atoms with E-state index in [-0.39, 0.29) is 5.41 Å². The Bertz CT molecular complexity index is 215. The van der Waals surface area contributed by atoms with E-state index in [2.05, 4.69) is 27.4 Å². The first-order valence-corrected chi connectivity index (χ1v) is 5.12. The molecule has 0 aromatic carbocycles. The summed E-state index contributed by atoms with van der Waals surface area (Å²) >= 11 is 0. The molecule has 1 nitrogen and oxygen atoms in total. The van der Waals surface area contributed by atoms with Crippen molar-refractivity contribution in [3.05, 3.63) is 12.2 Å². The van der Waals surface area contributed by atoms with Gasteiger partial charge in [0.1, 0.15) is 6.29 Å². The summed E-state index contributed by atoms with van der Waals surface area (Å²) in [6, 6.07) is 0. The van der Waals surface area contributed by atoms with E-state index in [0.29, 0.717) is 18.3 Å². The first-order valence-electron chi connectivity index (χ1n) is 5.12. The van der Waals surface area contributed by atoms with Crippen LogP contribution < -0.4 is 0 Å². The lowest BCUT2D eigenvalue weighted by molar-refractivity contribution is -0.110.